The van der Waals surface area contributed by atoms with Gasteiger partial charge in [-0.1, -0.05) is 26.2 Å². The summed E-state index contributed by atoms with van der Waals surface area (Å²) in [6, 6.07) is 0.479. The smallest absolute Gasteiger partial charge is 0.226 e. The number of alkyl halides is 1. The van der Waals surface area contributed by atoms with Crippen LogP contribution in [-0.2, 0) is 4.79 Å². The van der Waals surface area contributed by atoms with E-state index in [1.165, 1.54) is 32.1 Å². The minimum absolute atomic E-state index is 0.310. The Balaban J connectivity index is 1.94. The molecule has 0 heterocycles. The lowest BCUT2D eigenvalue weighted by molar-refractivity contribution is -0.135. The first kappa shape index (κ1) is 12.2. The zero-order chi connectivity index (χ0) is 11.5. The fourth-order valence-corrected chi connectivity index (χ4v) is 3.02. The van der Waals surface area contributed by atoms with Crippen molar-refractivity contribution < 1.29 is 4.79 Å². The fourth-order valence-electron chi connectivity index (χ4n) is 2.84. The summed E-state index contributed by atoms with van der Waals surface area (Å²) in [4.78, 5) is 14.4. The Kier molecular flexibility index (Phi) is 4.12. The number of hydrogen-bond acceptors (Lipinski definition) is 1. The molecule has 3 heteroatoms. The molecule has 2 unspecified atom stereocenters. The van der Waals surface area contributed by atoms with Gasteiger partial charge in [0.25, 0.3) is 0 Å². The lowest BCUT2D eigenvalue weighted by Crippen LogP contribution is -2.43. The molecule has 0 aromatic heterocycles. The lowest BCUT2D eigenvalue weighted by Gasteiger charge is -2.34. The van der Waals surface area contributed by atoms with Crippen LogP contribution in [0.3, 0.4) is 0 Å². The van der Waals surface area contributed by atoms with Crippen molar-refractivity contribution in [2.45, 2.75) is 51.5 Å². The van der Waals surface area contributed by atoms with Crippen LogP contribution in [0.1, 0.15) is 45.4 Å². The van der Waals surface area contributed by atoms with E-state index < -0.39 is 0 Å². The Morgan fingerprint density at radius 1 is 1.31 bits per heavy atom. The zero-order valence-electron chi connectivity index (χ0n) is 10.1. The summed E-state index contributed by atoms with van der Waals surface area (Å²) in [7, 11) is 0. The van der Waals surface area contributed by atoms with Gasteiger partial charge in [-0.2, -0.15) is 0 Å². The standard InChI is InChI=1S/C13H22ClNO/c1-10-9-12(10)13(16)15(8-7-14)11-5-3-2-4-6-11/h10-12H,2-9H2,1H3. The first-order valence-electron chi connectivity index (χ1n) is 6.60. The van der Waals surface area contributed by atoms with Crippen LogP contribution in [0, 0.1) is 11.8 Å². The van der Waals surface area contributed by atoms with Gasteiger partial charge in [0, 0.05) is 24.4 Å². The first-order chi connectivity index (χ1) is 7.74. The maximum Gasteiger partial charge on any atom is 0.226 e. The molecule has 0 N–H and O–H groups in total. The van der Waals surface area contributed by atoms with E-state index in [0.29, 0.717) is 29.7 Å². The minimum atomic E-state index is 0.310. The summed E-state index contributed by atoms with van der Waals surface area (Å²) in [6.45, 7) is 2.91. The second kappa shape index (κ2) is 5.39. The number of rotatable bonds is 4. The molecule has 0 bridgehead atoms. The summed E-state index contributed by atoms with van der Waals surface area (Å²) in [5.74, 6) is 1.86. The molecule has 0 aromatic carbocycles. The summed E-state index contributed by atoms with van der Waals surface area (Å²) >= 11 is 5.83. The van der Waals surface area contributed by atoms with Crippen LogP contribution < -0.4 is 0 Å². The SMILES string of the molecule is CC1CC1C(=O)N(CCCl)C1CCCCC1. The second-order valence-corrected chi connectivity index (χ2v) is 5.71. The Labute approximate surface area is 103 Å². The molecule has 2 fully saturated rings. The Morgan fingerprint density at radius 3 is 2.44 bits per heavy atom. The van der Waals surface area contributed by atoms with Gasteiger partial charge in [-0.25, -0.2) is 0 Å². The molecule has 0 radical (unpaired) electrons. The van der Waals surface area contributed by atoms with Crippen molar-refractivity contribution in [3.63, 3.8) is 0 Å². The van der Waals surface area contributed by atoms with Crippen LogP contribution in [0.25, 0.3) is 0 Å². The number of nitrogens with zero attached hydrogens (tertiary/aromatic N) is 1. The topological polar surface area (TPSA) is 20.3 Å². The molecule has 2 atom stereocenters. The normalized spacial score (nSPS) is 30.1. The molecule has 2 saturated carbocycles. The maximum atomic E-state index is 12.3. The van der Waals surface area contributed by atoms with Crippen molar-refractivity contribution in [2.75, 3.05) is 12.4 Å². The fraction of sp³-hybridized carbons (Fsp3) is 0.923. The largest absolute Gasteiger partial charge is 0.338 e. The highest BCUT2D eigenvalue weighted by Gasteiger charge is 2.42. The van der Waals surface area contributed by atoms with Gasteiger partial charge in [0.2, 0.25) is 5.91 Å². The molecule has 2 aliphatic carbocycles. The molecule has 2 nitrogen and oxygen atoms in total. The third-order valence-corrected chi connectivity index (χ3v) is 4.22. The van der Waals surface area contributed by atoms with Gasteiger partial charge in [0.05, 0.1) is 0 Å². The highest BCUT2D eigenvalue weighted by atomic mass is 35.5. The van der Waals surface area contributed by atoms with Crippen LogP contribution in [0.2, 0.25) is 0 Å². The third-order valence-electron chi connectivity index (χ3n) is 4.05. The van der Waals surface area contributed by atoms with Gasteiger partial charge in [0.1, 0.15) is 0 Å². The Bertz CT molecular complexity index is 250. The van der Waals surface area contributed by atoms with Crippen LogP contribution in [0.5, 0.6) is 0 Å². The molecule has 16 heavy (non-hydrogen) atoms. The molecule has 2 rings (SSSR count). The number of halogens is 1. The Morgan fingerprint density at radius 2 is 1.94 bits per heavy atom. The second-order valence-electron chi connectivity index (χ2n) is 5.33. The van der Waals surface area contributed by atoms with E-state index >= 15 is 0 Å². The van der Waals surface area contributed by atoms with Crippen molar-refractivity contribution in [1.29, 1.82) is 0 Å². The highest BCUT2D eigenvalue weighted by Crippen LogP contribution is 2.40. The number of carbonyl (C=O) groups excluding carboxylic acids is 1. The summed E-state index contributed by atoms with van der Waals surface area (Å²) < 4.78 is 0. The molecule has 92 valence electrons. The molecule has 0 aliphatic heterocycles. The van der Waals surface area contributed by atoms with Crippen molar-refractivity contribution in [3.8, 4) is 0 Å². The van der Waals surface area contributed by atoms with Gasteiger partial charge in [-0.05, 0) is 25.2 Å². The van der Waals surface area contributed by atoms with E-state index in [9.17, 15) is 4.79 Å². The van der Waals surface area contributed by atoms with Crippen molar-refractivity contribution >= 4 is 17.5 Å². The minimum Gasteiger partial charge on any atom is -0.338 e. The zero-order valence-corrected chi connectivity index (χ0v) is 10.9. The lowest BCUT2D eigenvalue weighted by atomic mass is 9.94. The predicted molar refractivity (Wildman–Crippen MR) is 66.6 cm³/mol. The van der Waals surface area contributed by atoms with Gasteiger partial charge in [-0.15, -0.1) is 11.6 Å². The Hall–Kier alpha value is -0.240. The molecule has 0 saturated heterocycles. The van der Waals surface area contributed by atoms with E-state index in [2.05, 4.69) is 11.8 Å². The van der Waals surface area contributed by atoms with Crippen molar-refractivity contribution in [3.05, 3.63) is 0 Å². The average molecular weight is 244 g/mol. The van der Waals surface area contributed by atoms with Gasteiger partial charge < -0.3 is 4.90 Å². The molecule has 2 aliphatic rings. The molecule has 0 aromatic rings. The number of carbonyl (C=O) groups is 1. The van der Waals surface area contributed by atoms with Crippen LogP contribution in [0.15, 0.2) is 0 Å². The number of amides is 1. The molecule has 0 spiro atoms. The molecule has 1 amide bonds. The molecular weight excluding hydrogens is 222 g/mol. The van der Waals surface area contributed by atoms with Crippen LogP contribution in [-0.4, -0.2) is 29.3 Å². The highest BCUT2D eigenvalue weighted by molar-refractivity contribution is 6.18. The summed E-state index contributed by atoms with van der Waals surface area (Å²) in [6.07, 6.45) is 7.34. The predicted octanol–water partition coefficient (Wildman–Crippen LogP) is 3.04. The summed E-state index contributed by atoms with van der Waals surface area (Å²) in [5, 5.41) is 0. The van der Waals surface area contributed by atoms with Gasteiger partial charge in [0.15, 0.2) is 0 Å². The monoisotopic (exact) mass is 243 g/mol. The van der Waals surface area contributed by atoms with Crippen LogP contribution >= 0.6 is 11.6 Å². The van der Waals surface area contributed by atoms with Gasteiger partial charge in [-0.3, -0.25) is 4.79 Å². The van der Waals surface area contributed by atoms with E-state index in [0.717, 1.165) is 13.0 Å². The van der Waals surface area contributed by atoms with E-state index in [4.69, 9.17) is 11.6 Å². The van der Waals surface area contributed by atoms with E-state index in [1.54, 1.807) is 0 Å². The van der Waals surface area contributed by atoms with E-state index in [1.807, 2.05) is 0 Å². The average Bonchev–Trinajstić information content (AvgIpc) is 3.04. The third kappa shape index (κ3) is 2.71. The summed E-state index contributed by atoms with van der Waals surface area (Å²) in [5.41, 5.74) is 0. The van der Waals surface area contributed by atoms with E-state index in [-0.39, 0.29) is 0 Å². The van der Waals surface area contributed by atoms with Crippen molar-refractivity contribution in [1.82, 2.24) is 4.90 Å². The molecular formula is C13H22ClNO. The number of hydrogen-bond donors (Lipinski definition) is 0. The van der Waals surface area contributed by atoms with Crippen LogP contribution in [0.4, 0.5) is 0 Å². The first-order valence-corrected chi connectivity index (χ1v) is 7.14. The maximum absolute atomic E-state index is 12.3. The van der Waals surface area contributed by atoms with Gasteiger partial charge >= 0.3 is 0 Å². The van der Waals surface area contributed by atoms with Crippen molar-refractivity contribution in [2.24, 2.45) is 11.8 Å². The quantitative estimate of drug-likeness (QED) is 0.695.